The Morgan fingerprint density at radius 3 is 2.56 bits per heavy atom. The van der Waals surface area contributed by atoms with Crippen LogP contribution in [0.1, 0.15) is 28.9 Å². The van der Waals surface area contributed by atoms with Crippen LogP contribution >= 0.6 is 0 Å². The number of H-pyrrole nitrogens is 1. The first kappa shape index (κ1) is 33.0. The molecular weight excluding hydrogens is 665 g/mol. The van der Waals surface area contributed by atoms with Crippen LogP contribution in [0.5, 0.6) is 11.5 Å². The largest absolute Gasteiger partial charge is 0.496 e. The standard InChI is InChI=1S/C38H38FN9O4/c1-51-26-20-33(32-9-11-41-48(32)24-26)44-16-18-45(19-17-44)38(50)31-22-30-29(27-7-3-4-8-34(27)52-2)21-28(36(39)37(30)42-31)25-6-5-13-46(23-25)35(49)10-14-47-15-12-40-43-47/h3-4,6-9,11-12,15,20-22,24,42H,5,10,13-14,16-19,23H2,1-2H3. The number of para-hydroxylation sites is 1. The van der Waals surface area contributed by atoms with Gasteiger partial charge in [-0.2, -0.15) is 5.10 Å². The van der Waals surface area contributed by atoms with Crippen LogP contribution in [-0.4, -0.2) is 105 Å². The third kappa shape index (κ3) is 6.09. The third-order valence-electron chi connectivity index (χ3n) is 9.96. The molecule has 2 amide bonds. The zero-order valence-corrected chi connectivity index (χ0v) is 29.0. The molecule has 0 bridgehead atoms. The molecule has 6 heterocycles. The van der Waals surface area contributed by atoms with Crippen molar-refractivity contribution in [1.29, 1.82) is 0 Å². The Morgan fingerprint density at radius 1 is 0.923 bits per heavy atom. The van der Waals surface area contributed by atoms with Crippen molar-refractivity contribution in [1.82, 2.24) is 39.4 Å². The quantitative estimate of drug-likeness (QED) is 0.226. The monoisotopic (exact) mass is 703 g/mol. The second kappa shape index (κ2) is 13.9. The number of aromatic nitrogens is 6. The second-order valence-corrected chi connectivity index (χ2v) is 12.9. The number of hydrogen-bond acceptors (Lipinski definition) is 8. The van der Waals surface area contributed by atoms with Gasteiger partial charge in [-0.25, -0.2) is 8.91 Å². The molecule has 0 radical (unpaired) electrons. The van der Waals surface area contributed by atoms with Crippen LogP contribution in [0.15, 0.2) is 79.4 Å². The van der Waals surface area contributed by atoms with Crippen LogP contribution in [0.3, 0.4) is 0 Å². The molecule has 2 aromatic carbocycles. The normalized spacial score (nSPS) is 15.0. The number of rotatable bonds is 9. The molecule has 2 aliphatic heterocycles. The Labute approximate surface area is 298 Å². The molecule has 52 heavy (non-hydrogen) atoms. The number of amides is 2. The summed E-state index contributed by atoms with van der Waals surface area (Å²) in [5.41, 5.74) is 5.05. The summed E-state index contributed by atoms with van der Waals surface area (Å²) in [5.74, 6) is 0.606. The minimum atomic E-state index is -0.469. The number of nitrogens with zero attached hydrogens (tertiary/aromatic N) is 8. The Hall–Kier alpha value is -6.18. The van der Waals surface area contributed by atoms with Gasteiger partial charge in [0.1, 0.15) is 17.2 Å². The average Bonchev–Trinajstić information content (AvgIpc) is 3.99. The lowest BCUT2D eigenvalue weighted by Gasteiger charge is -2.36. The Bertz CT molecular complexity index is 2300. The minimum Gasteiger partial charge on any atom is -0.496 e. The van der Waals surface area contributed by atoms with Gasteiger partial charge in [0.15, 0.2) is 5.82 Å². The molecule has 1 fully saturated rings. The highest BCUT2D eigenvalue weighted by Gasteiger charge is 2.28. The molecule has 13 nitrogen and oxygen atoms in total. The van der Waals surface area contributed by atoms with Gasteiger partial charge in [0.2, 0.25) is 5.91 Å². The number of ether oxygens (including phenoxy) is 2. The first-order valence-electron chi connectivity index (χ1n) is 17.3. The molecule has 14 heteroatoms. The van der Waals surface area contributed by atoms with Crippen molar-refractivity contribution in [2.45, 2.75) is 19.4 Å². The van der Waals surface area contributed by atoms with E-state index >= 15 is 4.39 Å². The van der Waals surface area contributed by atoms with Gasteiger partial charge < -0.3 is 29.2 Å². The van der Waals surface area contributed by atoms with E-state index in [1.54, 1.807) is 57.9 Å². The molecule has 0 atom stereocenters. The minimum absolute atomic E-state index is 0.0404. The summed E-state index contributed by atoms with van der Waals surface area (Å²) in [5, 5.41) is 12.7. The summed E-state index contributed by atoms with van der Waals surface area (Å²) in [4.78, 5) is 36.2. The van der Waals surface area contributed by atoms with Crippen LogP contribution in [0.2, 0.25) is 0 Å². The van der Waals surface area contributed by atoms with E-state index in [1.807, 2.05) is 54.7 Å². The van der Waals surface area contributed by atoms with E-state index in [4.69, 9.17) is 9.47 Å². The smallest absolute Gasteiger partial charge is 0.270 e. The van der Waals surface area contributed by atoms with Gasteiger partial charge in [-0.05, 0) is 41.8 Å². The van der Waals surface area contributed by atoms with Gasteiger partial charge in [-0.1, -0.05) is 29.5 Å². The van der Waals surface area contributed by atoms with E-state index in [1.165, 1.54) is 0 Å². The average molecular weight is 704 g/mol. The fourth-order valence-corrected chi connectivity index (χ4v) is 7.24. The van der Waals surface area contributed by atoms with Gasteiger partial charge in [0.25, 0.3) is 5.91 Å². The van der Waals surface area contributed by atoms with Gasteiger partial charge in [-0.15, -0.1) is 5.10 Å². The number of hydrogen-bond donors (Lipinski definition) is 1. The Morgan fingerprint density at radius 2 is 1.77 bits per heavy atom. The van der Waals surface area contributed by atoms with Gasteiger partial charge in [-0.3, -0.25) is 14.3 Å². The summed E-state index contributed by atoms with van der Waals surface area (Å²) in [6.07, 6.45) is 9.72. The first-order valence-corrected chi connectivity index (χ1v) is 17.3. The molecule has 4 aromatic heterocycles. The van der Waals surface area contributed by atoms with Gasteiger partial charge in [0, 0.05) is 74.5 Å². The number of methoxy groups -OCH3 is 2. The second-order valence-electron chi connectivity index (χ2n) is 12.9. The molecule has 8 rings (SSSR count). The van der Waals surface area contributed by atoms with E-state index in [0.29, 0.717) is 79.4 Å². The maximum absolute atomic E-state index is 16.7. The van der Waals surface area contributed by atoms with E-state index in [2.05, 4.69) is 25.3 Å². The van der Waals surface area contributed by atoms with Gasteiger partial charge in [0.05, 0.1) is 56.1 Å². The Kier molecular flexibility index (Phi) is 8.79. The summed E-state index contributed by atoms with van der Waals surface area (Å²) in [6.45, 7) is 3.39. The highest BCUT2D eigenvalue weighted by atomic mass is 19.1. The molecule has 6 aromatic rings. The van der Waals surface area contributed by atoms with E-state index in [0.717, 1.165) is 22.3 Å². The molecule has 0 saturated carbocycles. The van der Waals surface area contributed by atoms with E-state index < -0.39 is 5.82 Å². The number of halogens is 1. The SMILES string of the molecule is COc1cc(N2CCN(C(=O)c3cc4c(-c5ccccc5OC)cc(C5=CCCN(C(=O)CCn6ccnn6)C5)c(F)c4[nH]3)CC2)c2ccnn2c1. The first-order chi connectivity index (χ1) is 25.4. The molecule has 266 valence electrons. The molecule has 1 saturated heterocycles. The van der Waals surface area contributed by atoms with E-state index in [-0.39, 0.29) is 30.3 Å². The Balaban J connectivity index is 1.09. The lowest BCUT2D eigenvalue weighted by molar-refractivity contribution is -0.131. The molecule has 0 spiro atoms. The number of nitrogens with one attached hydrogen (secondary N) is 1. The number of fused-ring (bicyclic) bond motifs is 2. The molecule has 0 aliphatic carbocycles. The van der Waals surface area contributed by atoms with Crippen molar-refractivity contribution >= 4 is 39.5 Å². The maximum Gasteiger partial charge on any atom is 0.270 e. The highest BCUT2D eigenvalue weighted by Crippen LogP contribution is 2.40. The fraction of sp³-hybridized carbons (Fsp3) is 0.289. The van der Waals surface area contributed by atoms with Crippen LogP contribution in [0, 0.1) is 5.82 Å². The summed E-state index contributed by atoms with van der Waals surface area (Å²) in [7, 11) is 3.23. The number of pyridine rings is 1. The number of aromatic amines is 1. The van der Waals surface area contributed by atoms with Gasteiger partial charge >= 0.3 is 0 Å². The van der Waals surface area contributed by atoms with Crippen LogP contribution < -0.4 is 14.4 Å². The predicted molar refractivity (Wildman–Crippen MR) is 194 cm³/mol. The van der Waals surface area contributed by atoms with Crippen molar-refractivity contribution in [3.8, 4) is 22.6 Å². The van der Waals surface area contributed by atoms with Crippen molar-refractivity contribution in [3.63, 3.8) is 0 Å². The van der Waals surface area contributed by atoms with Crippen molar-refractivity contribution < 1.29 is 23.5 Å². The predicted octanol–water partition coefficient (Wildman–Crippen LogP) is 4.90. The van der Waals surface area contributed by atoms with Crippen LogP contribution in [-0.2, 0) is 11.3 Å². The van der Waals surface area contributed by atoms with Crippen molar-refractivity contribution in [2.75, 3.05) is 58.4 Å². The summed E-state index contributed by atoms with van der Waals surface area (Å²) >= 11 is 0. The molecular formula is C38H38FN9O4. The van der Waals surface area contributed by atoms with Crippen molar-refractivity contribution in [2.24, 2.45) is 0 Å². The van der Waals surface area contributed by atoms with E-state index in [9.17, 15) is 9.59 Å². The zero-order chi connectivity index (χ0) is 35.8. The number of piperazine rings is 1. The number of aryl methyl sites for hydroxylation is 1. The van der Waals surface area contributed by atoms with Crippen LogP contribution in [0.25, 0.3) is 33.1 Å². The lowest BCUT2D eigenvalue weighted by Crippen LogP contribution is -2.49. The maximum atomic E-state index is 16.7. The number of carbonyl (C=O) groups is 2. The zero-order valence-electron chi connectivity index (χ0n) is 29.0. The van der Waals surface area contributed by atoms with Crippen molar-refractivity contribution in [3.05, 3.63) is 96.5 Å². The van der Waals surface area contributed by atoms with Crippen LogP contribution in [0.4, 0.5) is 10.1 Å². The number of carbonyl (C=O) groups excluding carboxylic acids is 2. The lowest BCUT2D eigenvalue weighted by atomic mass is 9.93. The summed E-state index contributed by atoms with van der Waals surface area (Å²) < 4.78 is 31.4. The third-order valence-corrected chi connectivity index (χ3v) is 9.96. The number of benzene rings is 2. The number of anilines is 1. The fourth-order valence-electron chi connectivity index (χ4n) is 7.24. The molecule has 0 unspecified atom stereocenters. The molecule has 2 aliphatic rings. The molecule has 1 N–H and O–H groups in total. The highest BCUT2D eigenvalue weighted by molar-refractivity contribution is 6.05. The summed E-state index contributed by atoms with van der Waals surface area (Å²) in [6, 6.07) is 15.1. The topological polar surface area (TPSA) is 126 Å².